The fourth-order valence-corrected chi connectivity index (χ4v) is 3.11. The zero-order chi connectivity index (χ0) is 14.2. The van der Waals surface area contributed by atoms with Gasteiger partial charge < -0.3 is 5.11 Å². The van der Waals surface area contributed by atoms with Crippen molar-refractivity contribution < 1.29 is 14.7 Å². The minimum atomic E-state index is -1.37. The van der Waals surface area contributed by atoms with Crippen LogP contribution < -0.4 is 5.32 Å². The zero-order valence-corrected chi connectivity index (χ0v) is 11.2. The summed E-state index contributed by atoms with van der Waals surface area (Å²) < 4.78 is 0. The molecule has 0 saturated carbocycles. The van der Waals surface area contributed by atoms with Crippen molar-refractivity contribution in [3.05, 3.63) is 41.0 Å². The average molecular weight is 271 g/mol. The average Bonchev–Trinajstić information content (AvgIpc) is 3.05. The summed E-state index contributed by atoms with van der Waals surface area (Å²) >= 11 is 0. The van der Waals surface area contributed by atoms with Gasteiger partial charge in [-0.2, -0.15) is 0 Å². The molecule has 1 heterocycles. The molecule has 0 unspecified atom stereocenters. The minimum absolute atomic E-state index is 0.216. The monoisotopic (exact) mass is 271 g/mol. The topological polar surface area (TPSA) is 66.4 Å². The first-order valence-corrected chi connectivity index (χ1v) is 6.91. The number of aliphatic carboxylic acids is 1. The van der Waals surface area contributed by atoms with E-state index in [1.54, 1.807) is 0 Å². The van der Waals surface area contributed by atoms with Crippen LogP contribution in [0.15, 0.2) is 29.8 Å². The van der Waals surface area contributed by atoms with Crippen molar-refractivity contribution in [1.29, 1.82) is 0 Å². The molecule has 0 amide bonds. The number of ketones is 1. The van der Waals surface area contributed by atoms with E-state index in [0.717, 1.165) is 24.0 Å². The molecule has 4 nitrogen and oxygen atoms in total. The Balaban J connectivity index is 1.76. The van der Waals surface area contributed by atoms with Gasteiger partial charge in [-0.25, -0.2) is 4.79 Å². The van der Waals surface area contributed by atoms with Gasteiger partial charge in [0.1, 0.15) is 0 Å². The van der Waals surface area contributed by atoms with Gasteiger partial charge >= 0.3 is 5.97 Å². The van der Waals surface area contributed by atoms with Gasteiger partial charge in [0.25, 0.3) is 0 Å². The number of carboxylic acid groups (broad SMARTS) is 1. The molecule has 0 radical (unpaired) electrons. The highest BCUT2D eigenvalue weighted by atomic mass is 16.4. The summed E-state index contributed by atoms with van der Waals surface area (Å²) in [5.41, 5.74) is 1.99. The summed E-state index contributed by atoms with van der Waals surface area (Å²) in [5.74, 6) is -1.27. The lowest BCUT2D eigenvalue weighted by Gasteiger charge is -2.23. The van der Waals surface area contributed by atoms with Crippen molar-refractivity contribution in [3.63, 3.8) is 0 Å². The van der Waals surface area contributed by atoms with Crippen LogP contribution in [-0.4, -0.2) is 28.9 Å². The van der Waals surface area contributed by atoms with Gasteiger partial charge in [0, 0.05) is 6.42 Å². The van der Waals surface area contributed by atoms with Gasteiger partial charge in [0.2, 0.25) is 0 Å². The molecule has 3 rings (SSSR count). The standard InChI is InChI=1S/C16H17NO3/c18-14(16(15(19)20)6-3-7-17-16)10-11-8-12-4-1-2-5-13(12)9-11/h1-2,4-5,8,17H,3,6-7,9-10H2,(H,19,20)/t16-/m1/s1. The predicted molar refractivity (Wildman–Crippen MR) is 75.4 cm³/mol. The SMILES string of the molecule is O=C(O)[C@]1(C(=O)CC2=Cc3ccccc3C2)CCCN1. The second-order valence-electron chi connectivity index (χ2n) is 5.52. The second kappa shape index (κ2) is 4.87. The number of allylic oxidation sites excluding steroid dienone is 1. The second-order valence-corrected chi connectivity index (χ2v) is 5.52. The van der Waals surface area contributed by atoms with Crippen LogP contribution in [0.4, 0.5) is 0 Å². The van der Waals surface area contributed by atoms with E-state index in [-0.39, 0.29) is 12.2 Å². The van der Waals surface area contributed by atoms with Crippen LogP contribution in [0.1, 0.15) is 30.4 Å². The third-order valence-corrected chi connectivity index (χ3v) is 4.22. The molecule has 0 bridgehead atoms. The number of rotatable bonds is 4. The van der Waals surface area contributed by atoms with Crippen molar-refractivity contribution >= 4 is 17.8 Å². The fourth-order valence-electron chi connectivity index (χ4n) is 3.11. The minimum Gasteiger partial charge on any atom is -0.480 e. The summed E-state index contributed by atoms with van der Waals surface area (Å²) in [6.45, 7) is 0.595. The molecule has 0 aromatic heterocycles. The molecule has 4 heteroatoms. The number of benzene rings is 1. The Morgan fingerprint density at radius 1 is 1.30 bits per heavy atom. The first kappa shape index (κ1) is 13.1. The van der Waals surface area contributed by atoms with Crippen LogP contribution in [0.25, 0.3) is 6.08 Å². The van der Waals surface area contributed by atoms with Crippen LogP contribution in [0, 0.1) is 0 Å². The summed E-state index contributed by atoms with van der Waals surface area (Å²) in [6, 6.07) is 8.02. The number of hydrogen-bond acceptors (Lipinski definition) is 3. The lowest BCUT2D eigenvalue weighted by atomic mass is 9.88. The van der Waals surface area contributed by atoms with Crippen LogP contribution in [0.2, 0.25) is 0 Å². The van der Waals surface area contributed by atoms with Crippen molar-refractivity contribution in [2.24, 2.45) is 0 Å². The van der Waals surface area contributed by atoms with Crippen LogP contribution >= 0.6 is 0 Å². The molecule has 1 atom stereocenters. The predicted octanol–water partition coefficient (Wildman–Crippen LogP) is 1.79. The lowest BCUT2D eigenvalue weighted by Crippen LogP contribution is -2.54. The number of hydrogen-bond donors (Lipinski definition) is 2. The molecule has 104 valence electrons. The molecule has 1 saturated heterocycles. The molecular formula is C16H17NO3. The highest BCUT2D eigenvalue weighted by Gasteiger charge is 2.47. The van der Waals surface area contributed by atoms with Crippen LogP contribution in [0.3, 0.4) is 0 Å². The van der Waals surface area contributed by atoms with E-state index < -0.39 is 11.5 Å². The van der Waals surface area contributed by atoms with E-state index in [2.05, 4.69) is 5.32 Å². The summed E-state index contributed by atoms with van der Waals surface area (Å²) in [7, 11) is 0. The first-order chi connectivity index (χ1) is 9.62. The van der Waals surface area contributed by atoms with Gasteiger partial charge in [-0.1, -0.05) is 35.9 Å². The summed E-state index contributed by atoms with van der Waals surface area (Å²) in [5, 5.41) is 12.3. The van der Waals surface area contributed by atoms with E-state index in [1.807, 2.05) is 30.3 Å². The van der Waals surface area contributed by atoms with Gasteiger partial charge in [-0.05, 0) is 36.9 Å². The van der Waals surface area contributed by atoms with E-state index >= 15 is 0 Å². The molecule has 2 aliphatic rings. The van der Waals surface area contributed by atoms with Gasteiger partial charge in [-0.3, -0.25) is 10.1 Å². The maximum absolute atomic E-state index is 12.4. The van der Waals surface area contributed by atoms with Crippen LogP contribution in [-0.2, 0) is 16.0 Å². The van der Waals surface area contributed by atoms with Gasteiger partial charge in [0.15, 0.2) is 11.3 Å². The number of Topliss-reactive ketones (excluding diaryl/α,β-unsaturated/α-hetero) is 1. The maximum atomic E-state index is 12.4. The van der Waals surface area contributed by atoms with E-state index in [0.29, 0.717) is 13.0 Å². The van der Waals surface area contributed by atoms with E-state index in [1.165, 1.54) is 5.56 Å². The van der Waals surface area contributed by atoms with Crippen molar-refractivity contribution in [3.8, 4) is 0 Å². The first-order valence-electron chi connectivity index (χ1n) is 6.91. The highest BCUT2D eigenvalue weighted by Crippen LogP contribution is 2.30. The van der Waals surface area contributed by atoms with Crippen molar-refractivity contribution in [1.82, 2.24) is 5.32 Å². The molecule has 2 N–H and O–H groups in total. The Hall–Kier alpha value is -1.94. The summed E-state index contributed by atoms with van der Waals surface area (Å²) in [4.78, 5) is 23.9. The maximum Gasteiger partial charge on any atom is 0.331 e. The van der Waals surface area contributed by atoms with Crippen molar-refractivity contribution in [2.45, 2.75) is 31.2 Å². The molecular weight excluding hydrogens is 254 g/mol. The molecule has 1 fully saturated rings. The Bertz CT molecular complexity index is 597. The molecule has 1 aromatic rings. The largest absolute Gasteiger partial charge is 0.480 e. The molecule has 0 spiro atoms. The molecule has 1 aliphatic heterocycles. The normalized spacial score (nSPS) is 24.3. The molecule has 1 aromatic carbocycles. The summed E-state index contributed by atoms with van der Waals surface area (Å²) in [6.07, 6.45) is 4.10. The molecule has 20 heavy (non-hydrogen) atoms. The number of nitrogens with one attached hydrogen (secondary N) is 1. The Kier molecular flexibility index (Phi) is 3.18. The zero-order valence-electron chi connectivity index (χ0n) is 11.2. The van der Waals surface area contributed by atoms with Crippen molar-refractivity contribution in [2.75, 3.05) is 6.54 Å². The van der Waals surface area contributed by atoms with E-state index in [9.17, 15) is 14.7 Å². The third-order valence-electron chi connectivity index (χ3n) is 4.22. The molecule has 1 aliphatic carbocycles. The number of carbonyl (C=O) groups is 2. The van der Waals surface area contributed by atoms with Crippen LogP contribution in [0.5, 0.6) is 0 Å². The van der Waals surface area contributed by atoms with E-state index in [4.69, 9.17) is 0 Å². The fraction of sp³-hybridized carbons (Fsp3) is 0.375. The Morgan fingerprint density at radius 3 is 2.75 bits per heavy atom. The lowest BCUT2D eigenvalue weighted by molar-refractivity contribution is -0.149. The Morgan fingerprint density at radius 2 is 2.10 bits per heavy atom. The number of carboxylic acids is 1. The number of fused-ring (bicyclic) bond motifs is 1. The quantitative estimate of drug-likeness (QED) is 0.819. The smallest absolute Gasteiger partial charge is 0.331 e. The third kappa shape index (κ3) is 2.06. The van der Waals surface area contributed by atoms with Gasteiger partial charge in [0.05, 0.1) is 0 Å². The number of carbonyl (C=O) groups excluding carboxylic acids is 1. The Labute approximate surface area is 117 Å². The highest BCUT2D eigenvalue weighted by molar-refractivity contribution is 6.09. The van der Waals surface area contributed by atoms with Gasteiger partial charge in [-0.15, -0.1) is 0 Å².